The van der Waals surface area contributed by atoms with Gasteiger partial charge in [0.1, 0.15) is 5.75 Å². The summed E-state index contributed by atoms with van der Waals surface area (Å²) in [4.78, 5) is 4.24. The second kappa shape index (κ2) is 9.22. The molecule has 1 aliphatic heterocycles. The molecule has 3 nitrogen and oxygen atoms in total. The van der Waals surface area contributed by atoms with E-state index in [0.717, 1.165) is 24.1 Å². The number of hydrogen-bond donors (Lipinski definition) is 0. The molecule has 1 aliphatic rings. The number of aryl methyl sites for hydroxylation is 2. The van der Waals surface area contributed by atoms with Crippen LogP contribution in [-0.4, -0.2) is 16.2 Å². The summed E-state index contributed by atoms with van der Waals surface area (Å²) >= 11 is 0. The Bertz CT molecular complexity index is 1500. The summed E-state index contributed by atoms with van der Waals surface area (Å²) < 4.78 is 7.93. The van der Waals surface area contributed by atoms with Crippen molar-refractivity contribution in [3.63, 3.8) is 0 Å². The third kappa shape index (κ3) is 4.47. The van der Waals surface area contributed by atoms with Crippen molar-refractivity contribution in [1.82, 2.24) is 9.55 Å². The molecule has 3 heteroatoms. The minimum atomic E-state index is 0.676. The topological polar surface area (TPSA) is 27.1 Å². The SMILES string of the molecule is Cc1ccnc2ccccc12.Cn1ccc2cc(-c3ccc4c(c3)CC#CCCO4)ccc21. The van der Waals surface area contributed by atoms with Crippen molar-refractivity contribution < 1.29 is 4.74 Å². The molecule has 5 aromatic rings. The van der Waals surface area contributed by atoms with E-state index in [0.29, 0.717) is 6.61 Å². The zero-order valence-corrected chi connectivity index (χ0v) is 19.0. The average molecular weight is 431 g/mol. The van der Waals surface area contributed by atoms with E-state index in [9.17, 15) is 0 Å². The van der Waals surface area contributed by atoms with Crippen LogP contribution in [0.25, 0.3) is 32.9 Å². The first kappa shape index (κ1) is 20.8. The predicted octanol–water partition coefficient (Wildman–Crippen LogP) is 6.72. The van der Waals surface area contributed by atoms with E-state index in [1.54, 1.807) is 0 Å². The van der Waals surface area contributed by atoms with Crippen LogP contribution in [0.15, 0.2) is 85.2 Å². The molecule has 0 amide bonds. The van der Waals surface area contributed by atoms with Gasteiger partial charge in [0.05, 0.1) is 12.1 Å². The van der Waals surface area contributed by atoms with Gasteiger partial charge in [-0.3, -0.25) is 4.98 Å². The molecule has 0 saturated heterocycles. The Kier molecular flexibility index (Phi) is 5.83. The molecule has 2 aromatic heterocycles. The van der Waals surface area contributed by atoms with Gasteiger partial charge in [0.15, 0.2) is 0 Å². The van der Waals surface area contributed by atoms with Gasteiger partial charge >= 0.3 is 0 Å². The molecule has 0 bridgehead atoms. The Labute approximate surface area is 194 Å². The molecular weight excluding hydrogens is 404 g/mol. The van der Waals surface area contributed by atoms with Crippen LogP contribution in [0, 0.1) is 18.8 Å². The molecule has 3 heterocycles. The van der Waals surface area contributed by atoms with Crippen LogP contribution >= 0.6 is 0 Å². The monoisotopic (exact) mass is 430 g/mol. The first-order chi connectivity index (χ1) is 16.2. The lowest BCUT2D eigenvalue weighted by Gasteiger charge is -2.13. The number of para-hydroxylation sites is 1. The van der Waals surface area contributed by atoms with Crippen molar-refractivity contribution >= 4 is 21.8 Å². The summed E-state index contributed by atoms with van der Waals surface area (Å²) in [5.74, 6) is 7.33. The lowest BCUT2D eigenvalue weighted by Crippen LogP contribution is -2.01. The van der Waals surface area contributed by atoms with E-state index >= 15 is 0 Å². The van der Waals surface area contributed by atoms with Crippen LogP contribution in [0.4, 0.5) is 0 Å². The summed E-state index contributed by atoms with van der Waals surface area (Å²) in [6, 6.07) is 25.4. The fourth-order valence-electron chi connectivity index (χ4n) is 4.20. The minimum Gasteiger partial charge on any atom is -0.492 e. The molecule has 6 rings (SSSR count). The Morgan fingerprint density at radius 1 is 0.909 bits per heavy atom. The Morgan fingerprint density at radius 2 is 1.76 bits per heavy atom. The normalized spacial score (nSPS) is 12.4. The molecular formula is C30H26N2O. The Balaban J connectivity index is 0.000000174. The standard InChI is InChI=1S/C20H17NO.C10H9N/c1-21-11-10-17-13-15(6-8-19(17)21)16-7-9-20-18(14-16)5-3-2-4-12-22-20;1-8-6-7-11-10-5-3-2-4-9(8)10/h6-11,13-14H,4-5,12H2,1H3;2-7H,1H3. The lowest BCUT2D eigenvalue weighted by molar-refractivity contribution is 0.323. The quantitative estimate of drug-likeness (QED) is 0.276. The van der Waals surface area contributed by atoms with Crippen molar-refractivity contribution in [1.29, 1.82) is 0 Å². The summed E-state index contributed by atoms with van der Waals surface area (Å²) in [5.41, 5.74) is 7.25. The van der Waals surface area contributed by atoms with E-state index < -0.39 is 0 Å². The van der Waals surface area contributed by atoms with Crippen molar-refractivity contribution in [2.75, 3.05) is 6.61 Å². The largest absolute Gasteiger partial charge is 0.492 e. The maximum absolute atomic E-state index is 5.79. The molecule has 0 aliphatic carbocycles. The van der Waals surface area contributed by atoms with Gasteiger partial charge < -0.3 is 9.30 Å². The second-order valence-corrected chi connectivity index (χ2v) is 8.30. The van der Waals surface area contributed by atoms with Gasteiger partial charge in [0.2, 0.25) is 0 Å². The molecule has 162 valence electrons. The van der Waals surface area contributed by atoms with Crippen LogP contribution < -0.4 is 4.74 Å². The number of hydrogen-bond acceptors (Lipinski definition) is 2. The van der Waals surface area contributed by atoms with Crippen LogP contribution in [0.1, 0.15) is 17.5 Å². The molecule has 0 radical (unpaired) electrons. The van der Waals surface area contributed by atoms with Crippen LogP contribution in [0.5, 0.6) is 5.75 Å². The predicted molar refractivity (Wildman–Crippen MR) is 136 cm³/mol. The molecule has 33 heavy (non-hydrogen) atoms. The van der Waals surface area contributed by atoms with Gasteiger partial charge in [-0.2, -0.15) is 0 Å². The van der Waals surface area contributed by atoms with Crippen molar-refractivity contribution in [3.05, 3.63) is 96.3 Å². The second-order valence-electron chi connectivity index (χ2n) is 8.30. The first-order valence-corrected chi connectivity index (χ1v) is 11.3. The van der Waals surface area contributed by atoms with Gasteiger partial charge in [0, 0.05) is 54.1 Å². The maximum Gasteiger partial charge on any atom is 0.123 e. The number of aromatic nitrogens is 2. The minimum absolute atomic E-state index is 0.676. The van der Waals surface area contributed by atoms with Crippen LogP contribution in [-0.2, 0) is 13.5 Å². The van der Waals surface area contributed by atoms with Gasteiger partial charge in [-0.15, -0.1) is 0 Å². The van der Waals surface area contributed by atoms with Crippen LogP contribution in [0.2, 0.25) is 0 Å². The molecule has 0 saturated carbocycles. The van der Waals surface area contributed by atoms with Gasteiger partial charge in [-0.25, -0.2) is 0 Å². The Hall–Kier alpha value is -4.03. The molecule has 3 aromatic carbocycles. The maximum atomic E-state index is 5.79. The molecule has 0 atom stereocenters. The molecule has 0 spiro atoms. The van der Waals surface area contributed by atoms with E-state index in [1.165, 1.54) is 38.5 Å². The molecule has 0 unspecified atom stereocenters. The van der Waals surface area contributed by atoms with Gasteiger partial charge in [0.25, 0.3) is 0 Å². The number of benzene rings is 3. The Morgan fingerprint density at radius 3 is 2.67 bits per heavy atom. The fraction of sp³-hybridized carbons (Fsp3) is 0.167. The highest BCUT2D eigenvalue weighted by Gasteiger charge is 2.08. The van der Waals surface area contributed by atoms with Crippen molar-refractivity contribution in [2.24, 2.45) is 7.05 Å². The number of nitrogens with zero attached hydrogens (tertiary/aromatic N) is 2. The van der Waals surface area contributed by atoms with E-state index in [-0.39, 0.29) is 0 Å². The average Bonchev–Trinajstić information content (AvgIpc) is 3.20. The summed E-state index contributed by atoms with van der Waals surface area (Å²) in [5, 5.41) is 2.51. The van der Waals surface area contributed by atoms with Crippen molar-refractivity contribution in [2.45, 2.75) is 19.8 Å². The van der Waals surface area contributed by atoms with Gasteiger partial charge in [-0.05, 0) is 66.1 Å². The summed E-state index contributed by atoms with van der Waals surface area (Å²) in [6.07, 6.45) is 5.51. The number of pyridine rings is 1. The number of fused-ring (bicyclic) bond motifs is 3. The number of rotatable bonds is 1. The molecule has 0 N–H and O–H groups in total. The highest BCUT2D eigenvalue weighted by atomic mass is 16.5. The van der Waals surface area contributed by atoms with Gasteiger partial charge in [-0.1, -0.05) is 42.2 Å². The van der Waals surface area contributed by atoms with E-state index in [2.05, 4.69) is 90.1 Å². The highest BCUT2D eigenvalue weighted by molar-refractivity contribution is 5.86. The lowest BCUT2D eigenvalue weighted by atomic mass is 9.99. The third-order valence-corrected chi connectivity index (χ3v) is 6.03. The summed E-state index contributed by atoms with van der Waals surface area (Å²) in [7, 11) is 2.07. The van der Waals surface area contributed by atoms with E-state index in [1.807, 2.05) is 30.5 Å². The fourth-order valence-corrected chi connectivity index (χ4v) is 4.20. The molecule has 0 fully saturated rings. The highest BCUT2D eigenvalue weighted by Crippen LogP contribution is 2.30. The zero-order chi connectivity index (χ0) is 22.6. The third-order valence-electron chi connectivity index (χ3n) is 6.03. The smallest absolute Gasteiger partial charge is 0.123 e. The number of ether oxygens (including phenoxy) is 1. The van der Waals surface area contributed by atoms with E-state index in [4.69, 9.17) is 4.74 Å². The summed E-state index contributed by atoms with van der Waals surface area (Å²) in [6.45, 7) is 2.78. The van der Waals surface area contributed by atoms with Crippen molar-refractivity contribution in [3.8, 4) is 28.7 Å². The first-order valence-electron chi connectivity index (χ1n) is 11.3. The zero-order valence-electron chi connectivity index (χ0n) is 19.0. The van der Waals surface area contributed by atoms with Crippen LogP contribution in [0.3, 0.4) is 0 Å².